The quantitative estimate of drug-likeness (QED) is 0.822. The maximum Gasteiger partial charge on any atom is 0.348 e. The third-order valence-electron chi connectivity index (χ3n) is 1.63. The minimum Gasteiger partial charge on any atom is -0.477 e. The smallest absolute Gasteiger partial charge is 0.348 e. The number of carboxylic acid groups (broad SMARTS) is 1. The second-order valence-corrected chi connectivity index (χ2v) is 4.50. The van der Waals surface area contributed by atoms with Gasteiger partial charge in [-0.2, -0.15) is 0 Å². The van der Waals surface area contributed by atoms with E-state index in [9.17, 15) is 4.79 Å². The summed E-state index contributed by atoms with van der Waals surface area (Å²) in [5.41, 5.74) is 7.57. The predicted octanol–water partition coefficient (Wildman–Crippen LogP) is 2.15. The molecule has 0 saturated carbocycles. The van der Waals surface area contributed by atoms with Gasteiger partial charge in [0.05, 0.1) is 16.1 Å². The number of carboxylic acids is 1. The Morgan fingerprint density at radius 3 is 2.79 bits per heavy atom. The maximum absolute atomic E-state index is 10.7. The monoisotopic (exact) mass is 226 g/mol. The molecule has 0 saturated heterocycles. The van der Waals surface area contributed by atoms with Crippen molar-refractivity contribution in [2.75, 3.05) is 5.73 Å². The number of thiazole rings is 1. The number of hydrogen-bond donors (Lipinski definition) is 2. The summed E-state index contributed by atoms with van der Waals surface area (Å²) >= 11 is 2.63. The largest absolute Gasteiger partial charge is 0.477 e. The molecule has 4 nitrogen and oxygen atoms in total. The SMILES string of the molecule is Nc1cc(-c2cncs2)sc1C(=O)O. The molecular formula is C8H6N2O2S2. The van der Waals surface area contributed by atoms with E-state index in [2.05, 4.69) is 4.98 Å². The maximum atomic E-state index is 10.7. The van der Waals surface area contributed by atoms with Crippen LogP contribution in [0.25, 0.3) is 9.75 Å². The lowest BCUT2D eigenvalue weighted by atomic mass is 10.3. The Morgan fingerprint density at radius 2 is 2.29 bits per heavy atom. The highest BCUT2D eigenvalue weighted by atomic mass is 32.1. The molecule has 0 radical (unpaired) electrons. The second kappa shape index (κ2) is 3.39. The van der Waals surface area contributed by atoms with Gasteiger partial charge in [0.1, 0.15) is 4.88 Å². The van der Waals surface area contributed by atoms with Gasteiger partial charge in [-0.25, -0.2) is 4.79 Å². The molecule has 0 spiro atoms. The topological polar surface area (TPSA) is 76.2 Å². The van der Waals surface area contributed by atoms with Crippen LogP contribution in [0.1, 0.15) is 9.67 Å². The molecule has 2 heterocycles. The van der Waals surface area contributed by atoms with Gasteiger partial charge in [0, 0.05) is 11.1 Å². The molecule has 0 aliphatic carbocycles. The van der Waals surface area contributed by atoms with Crippen molar-refractivity contribution in [3.63, 3.8) is 0 Å². The zero-order chi connectivity index (χ0) is 10.1. The van der Waals surface area contributed by atoms with Crippen LogP contribution in [0.4, 0.5) is 5.69 Å². The first-order chi connectivity index (χ1) is 6.68. The van der Waals surface area contributed by atoms with Crippen LogP contribution in [-0.4, -0.2) is 16.1 Å². The van der Waals surface area contributed by atoms with E-state index < -0.39 is 5.97 Å². The summed E-state index contributed by atoms with van der Waals surface area (Å²) in [6, 6.07) is 1.67. The third kappa shape index (κ3) is 1.49. The number of aromatic carboxylic acids is 1. The Kier molecular flexibility index (Phi) is 2.22. The second-order valence-electron chi connectivity index (χ2n) is 2.57. The molecule has 14 heavy (non-hydrogen) atoms. The average Bonchev–Trinajstić information content (AvgIpc) is 2.70. The Bertz CT molecular complexity index is 462. The average molecular weight is 226 g/mol. The minimum absolute atomic E-state index is 0.188. The molecule has 0 aliphatic heterocycles. The van der Waals surface area contributed by atoms with E-state index in [-0.39, 0.29) is 4.88 Å². The number of thiophene rings is 1. The number of hydrogen-bond acceptors (Lipinski definition) is 5. The number of nitrogens with two attached hydrogens (primary N) is 1. The lowest BCUT2D eigenvalue weighted by molar-refractivity contribution is 0.0703. The number of nitrogen functional groups attached to an aromatic ring is 1. The molecule has 72 valence electrons. The summed E-state index contributed by atoms with van der Waals surface area (Å²) in [5.74, 6) is -0.983. The van der Waals surface area contributed by atoms with Crippen molar-refractivity contribution in [2.45, 2.75) is 0 Å². The van der Waals surface area contributed by atoms with E-state index in [4.69, 9.17) is 10.8 Å². The third-order valence-corrected chi connectivity index (χ3v) is 3.74. The zero-order valence-electron chi connectivity index (χ0n) is 6.93. The number of anilines is 1. The van der Waals surface area contributed by atoms with E-state index >= 15 is 0 Å². The Morgan fingerprint density at radius 1 is 1.50 bits per heavy atom. The Labute approximate surface area is 87.6 Å². The fourth-order valence-electron chi connectivity index (χ4n) is 1.03. The molecule has 0 atom stereocenters. The fraction of sp³-hybridized carbons (Fsp3) is 0. The van der Waals surface area contributed by atoms with Gasteiger partial charge < -0.3 is 10.8 Å². The lowest BCUT2D eigenvalue weighted by Gasteiger charge is -1.87. The van der Waals surface area contributed by atoms with Gasteiger partial charge >= 0.3 is 5.97 Å². The normalized spacial score (nSPS) is 10.3. The van der Waals surface area contributed by atoms with Gasteiger partial charge in [-0.1, -0.05) is 0 Å². The van der Waals surface area contributed by atoms with E-state index in [1.807, 2.05) is 0 Å². The van der Waals surface area contributed by atoms with Crippen LogP contribution in [0.3, 0.4) is 0 Å². The summed E-state index contributed by atoms with van der Waals surface area (Å²) < 4.78 is 0. The highest BCUT2D eigenvalue weighted by Crippen LogP contribution is 2.34. The van der Waals surface area contributed by atoms with Gasteiger partial charge in [-0.05, 0) is 6.07 Å². The van der Waals surface area contributed by atoms with Crippen LogP contribution in [0, 0.1) is 0 Å². The van der Waals surface area contributed by atoms with Crippen LogP contribution in [0.5, 0.6) is 0 Å². The molecule has 0 aliphatic rings. The predicted molar refractivity (Wildman–Crippen MR) is 56.8 cm³/mol. The molecule has 0 unspecified atom stereocenters. The van der Waals surface area contributed by atoms with E-state index in [1.165, 1.54) is 22.7 Å². The number of rotatable bonds is 2. The summed E-state index contributed by atoms with van der Waals surface area (Å²) in [6.07, 6.45) is 1.70. The van der Waals surface area contributed by atoms with Crippen LogP contribution in [-0.2, 0) is 0 Å². The van der Waals surface area contributed by atoms with Gasteiger partial charge in [0.2, 0.25) is 0 Å². The summed E-state index contributed by atoms with van der Waals surface area (Å²) in [5, 5.41) is 8.79. The highest BCUT2D eigenvalue weighted by molar-refractivity contribution is 7.22. The van der Waals surface area contributed by atoms with Crippen molar-refractivity contribution < 1.29 is 9.90 Å². The lowest BCUT2D eigenvalue weighted by Crippen LogP contribution is -1.96. The highest BCUT2D eigenvalue weighted by Gasteiger charge is 2.14. The molecule has 2 aromatic heterocycles. The first-order valence-corrected chi connectivity index (χ1v) is 5.39. The molecule has 3 N–H and O–H groups in total. The van der Waals surface area contributed by atoms with Gasteiger partial charge in [-0.15, -0.1) is 22.7 Å². The van der Waals surface area contributed by atoms with Crippen LogP contribution in [0.15, 0.2) is 17.8 Å². The van der Waals surface area contributed by atoms with Crippen molar-refractivity contribution in [1.29, 1.82) is 0 Å². The first-order valence-electron chi connectivity index (χ1n) is 3.70. The van der Waals surface area contributed by atoms with Gasteiger partial charge in [-0.3, -0.25) is 4.98 Å². The van der Waals surface area contributed by atoms with Crippen molar-refractivity contribution in [3.05, 3.63) is 22.7 Å². The molecule has 0 amide bonds. The summed E-state index contributed by atoms with van der Waals surface area (Å²) in [6.45, 7) is 0. The minimum atomic E-state index is -0.983. The van der Waals surface area contributed by atoms with Crippen molar-refractivity contribution in [1.82, 2.24) is 4.98 Å². The molecule has 6 heteroatoms. The van der Waals surface area contributed by atoms with Crippen molar-refractivity contribution >= 4 is 34.3 Å². The van der Waals surface area contributed by atoms with Gasteiger partial charge in [0.25, 0.3) is 0 Å². The number of carbonyl (C=O) groups is 1. The van der Waals surface area contributed by atoms with Crippen molar-refractivity contribution in [2.24, 2.45) is 0 Å². The van der Waals surface area contributed by atoms with Gasteiger partial charge in [0.15, 0.2) is 0 Å². The molecular weight excluding hydrogens is 220 g/mol. The van der Waals surface area contributed by atoms with E-state index in [0.717, 1.165) is 9.75 Å². The van der Waals surface area contributed by atoms with E-state index in [0.29, 0.717) is 5.69 Å². The van der Waals surface area contributed by atoms with Crippen LogP contribution >= 0.6 is 22.7 Å². The molecule has 2 aromatic rings. The zero-order valence-corrected chi connectivity index (χ0v) is 8.56. The number of aromatic nitrogens is 1. The molecule has 0 bridgehead atoms. The van der Waals surface area contributed by atoms with Crippen LogP contribution < -0.4 is 5.73 Å². The van der Waals surface area contributed by atoms with E-state index in [1.54, 1.807) is 17.8 Å². The fourth-order valence-corrected chi connectivity index (χ4v) is 2.66. The standard InChI is InChI=1S/C8H6N2O2S2/c9-4-1-5(6-2-10-3-13-6)14-7(4)8(11)12/h1-3H,9H2,(H,11,12). The summed E-state index contributed by atoms with van der Waals surface area (Å²) in [7, 11) is 0. The van der Waals surface area contributed by atoms with Crippen LogP contribution in [0.2, 0.25) is 0 Å². The first kappa shape index (κ1) is 9.17. The molecule has 0 fully saturated rings. The molecule has 0 aromatic carbocycles. The van der Waals surface area contributed by atoms with Crippen molar-refractivity contribution in [3.8, 4) is 9.75 Å². The number of nitrogens with zero attached hydrogens (tertiary/aromatic N) is 1. The Balaban J connectivity index is 2.48. The summed E-state index contributed by atoms with van der Waals surface area (Å²) in [4.78, 5) is 16.6. The molecule has 2 rings (SSSR count). The Hall–Kier alpha value is -1.40.